The molecule has 0 bridgehead atoms. The minimum absolute atomic E-state index is 0.366. The molecule has 5 heteroatoms. The summed E-state index contributed by atoms with van der Waals surface area (Å²) in [4.78, 5) is 4.27. The van der Waals surface area contributed by atoms with Gasteiger partial charge in [0.1, 0.15) is 5.75 Å². The van der Waals surface area contributed by atoms with Gasteiger partial charge in [0.05, 0.1) is 19.8 Å². The number of aliphatic hydroxyl groups is 1. The van der Waals surface area contributed by atoms with Crippen LogP contribution in [0.15, 0.2) is 29.3 Å². The molecule has 1 aliphatic rings. The molecule has 0 aliphatic carbocycles. The molecule has 2 unspecified atom stereocenters. The number of benzene rings is 1. The van der Waals surface area contributed by atoms with Crippen LogP contribution in [0.25, 0.3) is 0 Å². The van der Waals surface area contributed by atoms with Crippen LogP contribution in [0.2, 0.25) is 0 Å². The summed E-state index contributed by atoms with van der Waals surface area (Å²) in [7, 11) is 1.62. The molecule has 18 heavy (non-hydrogen) atoms. The molecule has 0 saturated carbocycles. The van der Waals surface area contributed by atoms with Gasteiger partial charge in [0, 0.05) is 12.6 Å². The topological polar surface area (TPSA) is 65.9 Å². The zero-order valence-corrected chi connectivity index (χ0v) is 10.7. The van der Waals surface area contributed by atoms with E-state index in [-0.39, 0.29) is 0 Å². The molecule has 1 aromatic carbocycles. The largest absolute Gasteiger partial charge is 0.497 e. The highest BCUT2D eigenvalue weighted by Gasteiger charge is 2.14. The van der Waals surface area contributed by atoms with Crippen molar-refractivity contribution in [3.63, 3.8) is 0 Å². The summed E-state index contributed by atoms with van der Waals surface area (Å²) in [5, 5.41) is 16.3. The Morgan fingerprint density at radius 2 is 2.22 bits per heavy atom. The Hall–Kier alpha value is -1.75. The maximum absolute atomic E-state index is 10.0. The highest BCUT2D eigenvalue weighted by Crippen LogP contribution is 2.16. The van der Waals surface area contributed by atoms with E-state index in [2.05, 4.69) is 22.5 Å². The van der Waals surface area contributed by atoms with Crippen molar-refractivity contribution in [2.24, 2.45) is 4.99 Å². The van der Waals surface area contributed by atoms with Crippen LogP contribution >= 0.6 is 0 Å². The van der Waals surface area contributed by atoms with Gasteiger partial charge in [-0.25, -0.2) is 0 Å². The van der Waals surface area contributed by atoms with E-state index in [0.717, 1.165) is 23.8 Å². The van der Waals surface area contributed by atoms with Crippen molar-refractivity contribution in [3.8, 4) is 5.75 Å². The molecule has 2 atom stereocenters. The second-order valence-corrected chi connectivity index (χ2v) is 4.40. The summed E-state index contributed by atoms with van der Waals surface area (Å²) in [6.45, 7) is 3.28. The summed E-state index contributed by atoms with van der Waals surface area (Å²) in [5.74, 6) is 1.55. The van der Waals surface area contributed by atoms with Gasteiger partial charge < -0.3 is 20.5 Å². The standard InChI is InChI=1S/C13H19N3O2/c1-9-7-14-13(16-9)15-8-12(17)10-3-5-11(18-2)6-4-10/h3-6,9,12,17H,7-8H2,1-2H3,(H2,14,15,16). The third kappa shape index (κ3) is 3.13. The first-order valence-electron chi connectivity index (χ1n) is 6.06. The lowest BCUT2D eigenvalue weighted by molar-refractivity contribution is 0.181. The number of nitrogens with one attached hydrogen (secondary N) is 2. The Kier molecular flexibility index (Phi) is 4.04. The molecule has 0 fully saturated rings. The van der Waals surface area contributed by atoms with Crippen molar-refractivity contribution in [1.82, 2.24) is 10.6 Å². The van der Waals surface area contributed by atoms with Crippen LogP contribution in [-0.2, 0) is 0 Å². The lowest BCUT2D eigenvalue weighted by Crippen LogP contribution is -2.39. The van der Waals surface area contributed by atoms with Crippen molar-refractivity contribution in [3.05, 3.63) is 29.8 Å². The Labute approximate surface area is 107 Å². The summed E-state index contributed by atoms with van der Waals surface area (Å²) < 4.78 is 5.08. The number of ether oxygens (including phenoxy) is 1. The summed E-state index contributed by atoms with van der Waals surface area (Å²) in [6, 6.07) is 7.76. The monoisotopic (exact) mass is 249 g/mol. The van der Waals surface area contributed by atoms with Gasteiger partial charge in [-0.2, -0.15) is 0 Å². The second-order valence-electron chi connectivity index (χ2n) is 4.40. The van der Waals surface area contributed by atoms with E-state index in [9.17, 15) is 5.11 Å². The third-order valence-corrected chi connectivity index (χ3v) is 2.87. The first-order valence-corrected chi connectivity index (χ1v) is 6.06. The van der Waals surface area contributed by atoms with Crippen molar-refractivity contribution < 1.29 is 9.84 Å². The Bertz CT molecular complexity index is 417. The maximum atomic E-state index is 10.0. The van der Waals surface area contributed by atoms with E-state index >= 15 is 0 Å². The molecule has 3 N–H and O–H groups in total. The van der Waals surface area contributed by atoms with Crippen molar-refractivity contribution in [2.45, 2.75) is 19.1 Å². The zero-order chi connectivity index (χ0) is 13.0. The van der Waals surface area contributed by atoms with Crippen molar-refractivity contribution >= 4 is 5.96 Å². The van der Waals surface area contributed by atoms with Crippen LogP contribution in [0, 0.1) is 0 Å². The Balaban J connectivity index is 1.85. The fraction of sp³-hybridized carbons (Fsp3) is 0.462. The van der Waals surface area contributed by atoms with Gasteiger partial charge in [-0.3, -0.25) is 4.99 Å². The quantitative estimate of drug-likeness (QED) is 0.733. The number of aliphatic imine (C=N–C) groups is 1. The van der Waals surface area contributed by atoms with Crippen LogP contribution in [0.4, 0.5) is 0 Å². The molecule has 2 rings (SSSR count). The fourth-order valence-corrected chi connectivity index (χ4v) is 1.80. The first-order chi connectivity index (χ1) is 8.69. The van der Waals surface area contributed by atoms with E-state index in [4.69, 9.17) is 4.74 Å². The smallest absolute Gasteiger partial charge is 0.191 e. The molecule has 0 spiro atoms. The van der Waals surface area contributed by atoms with Crippen LogP contribution in [0.5, 0.6) is 5.75 Å². The minimum Gasteiger partial charge on any atom is -0.497 e. The van der Waals surface area contributed by atoms with Gasteiger partial charge in [-0.15, -0.1) is 0 Å². The number of methoxy groups -OCH3 is 1. The van der Waals surface area contributed by atoms with E-state index in [1.807, 2.05) is 24.3 Å². The summed E-state index contributed by atoms with van der Waals surface area (Å²) >= 11 is 0. The highest BCUT2D eigenvalue weighted by molar-refractivity contribution is 5.81. The molecule has 0 saturated heterocycles. The minimum atomic E-state index is -0.559. The lowest BCUT2D eigenvalue weighted by Gasteiger charge is -2.14. The van der Waals surface area contributed by atoms with E-state index < -0.39 is 6.10 Å². The predicted molar refractivity (Wildman–Crippen MR) is 70.9 cm³/mol. The van der Waals surface area contributed by atoms with Crippen molar-refractivity contribution in [1.29, 1.82) is 0 Å². The number of aliphatic hydroxyl groups excluding tert-OH is 1. The number of hydrogen-bond acceptors (Lipinski definition) is 5. The van der Waals surface area contributed by atoms with Crippen molar-refractivity contribution in [2.75, 3.05) is 20.2 Å². The molecule has 1 heterocycles. The van der Waals surface area contributed by atoms with Crippen LogP contribution in [-0.4, -0.2) is 37.3 Å². The van der Waals surface area contributed by atoms with Gasteiger partial charge in [0.25, 0.3) is 0 Å². The maximum Gasteiger partial charge on any atom is 0.191 e. The normalized spacial score (nSPS) is 19.9. The molecule has 5 nitrogen and oxygen atoms in total. The molecule has 1 aliphatic heterocycles. The number of hydrogen-bond donors (Lipinski definition) is 3. The summed E-state index contributed by atoms with van der Waals surface area (Å²) in [6.07, 6.45) is -0.559. The molecule has 98 valence electrons. The number of guanidine groups is 1. The van der Waals surface area contributed by atoms with E-state index in [0.29, 0.717) is 12.6 Å². The molecular weight excluding hydrogens is 230 g/mol. The van der Waals surface area contributed by atoms with Gasteiger partial charge in [-0.05, 0) is 24.6 Å². The molecule has 0 radical (unpaired) electrons. The van der Waals surface area contributed by atoms with Crippen LogP contribution in [0.1, 0.15) is 18.6 Å². The fourth-order valence-electron chi connectivity index (χ4n) is 1.80. The van der Waals surface area contributed by atoms with Gasteiger partial charge >= 0.3 is 0 Å². The number of nitrogens with zero attached hydrogens (tertiary/aromatic N) is 1. The third-order valence-electron chi connectivity index (χ3n) is 2.87. The van der Waals surface area contributed by atoms with Gasteiger partial charge in [0.15, 0.2) is 5.96 Å². The lowest BCUT2D eigenvalue weighted by atomic mass is 10.1. The highest BCUT2D eigenvalue weighted by atomic mass is 16.5. The second kappa shape index (κ2) is 5.73. The molecule has 0 aromatic heterocycles. The van der Waals surface area contributed by atoms with E-state index in [1.54, 1.807) is 7.11 Å². The molecular formula is C13H19N3O2. The predicted octanol–water partition coefficient (Wildman–Crippen LogP) is 0.666. The first kappa shape index (κ1) is 12.7. The van der Waals surface area contributed by atoms with Gasteiger partial charge in [0.2, 0.25) is 0 Å². The van der Waals surface area contributed by atoms with Crippen LogP contribution < -0.4 is 15.4 Å². The number of rotatable bonds is 4. The Morgan fingerprint density at radius 1 is 1.50 bits per heavy atom. The molecule has 0 amide bonds. The zero-order valence-electron chi connectivity index (χ0n) is 10.7. The van der Waals surface area contributed by atoms with Crippen LogP contribution in [0.3, 0.4) is 0 Å². The van der Waals surface area contributed by atoms with Gasteiger partial charge in [-0.1, -0.05) is 12.1 Å². The Morgan fingerprint density at radius 3 is 2.78 bits per heavy atom. The average Bonchev–Trinajstić information content (AvgIpc) is 2.82. The SMILES string of the molecule is COc1ccc(C(O)CNC2=NCC(C)N2)cc1. The van der Waals surface area contributed by atoms with E-state index in [1.165, 1.54) is 0 Å². The molecule has 1 aromatic rings. The average molecular weight is 249 g/mol. The summed E-state index contributed by atoms with van der Waals surface area (Å²) in [5.41, 5.74) is 0.856.